The maximum atomic E-state index is 12.7. The maximum absolute atomic E-state index is 12.7. The van der Waals surface area contributed by atoms with Crippen molar-refractivity contribution in [2.45, 2.75) is 25.3 Å². The fraction of sp³-hybridized carbons (Fsp3) is 0.857. The number of ether oxygens (including phenoxy) is 1. The number of hydrogen-bond acceptors (Lipinski definition) is 4. The summed E-state index contributed by atoms with van der Waals surface area (Å²) in [5.74, 6) is 0.358. The Bertz CT molecular complexity index is 384. The molecule has 3 aliphatic heterocycles. The Hall–Kier alpha value is -0.850. The van der Waals surface area contributed by atoms with E-state index in [0.717, 1.165) is 38.9 Å². The summed E-state index contributed by atoms with van der Waals surface area (Å²) in [4.78, 5) is 28.8. The quantitative estimate of drug-likeness (QED) is 0.770. The van der Waals surface area contributed by atoms with Crippen LogP contribution in [0.5, 0.6) is 0 Å². The lowest BCUT2D eigenvalue weighted by molar-refractivity contribution is -0.153. The Balaban J connectivity index is 0.00000161. The largest absolute Gasteiger partial charge is 0.378 e. The van der Waals surface area contributed by atoms with Crippen LogP contribution in [0.3, 0.4) is 0 Å². The number of nitrogens with zero attached hydrogens (tertiary/aromatic N) is 2. The third-order valence-electron chi connectivity index (χ3n) is 4.52. The monoisotopic (exact) mass is 317 g/mol. The van der Waals surface area contributed by atoms with Gasteiger partial charge in [-0.05, 0) is 19.3 Å². The molecule has 1 atom stereocenters. The third kappa shape index (κ3) is 3.49. The van der Waals surface area contributed by atoms with E-state index in [0.29, 0.717) is 26.3 Å². The van der Waals surface area contributed by atoms with Gasteiger partial charge in [-0.1, -0.05) is 0 Å². The zero-order valence-corrected chi connectivity index (χ0v) is 13.1. The number of nitrogens with one attached hydrogen (secondary N) is 1. The van der Waals surface area contributed by atoms with Crippen LogP contribution in [0.1, 0.15) is 19.3 Å². The smallest absolute Gasteiger partial charge is 0.245 e. The molecule has 3 aliphatic rings. The highest BCUT2D eigenvalue weighted by Crippen LogP contribution is 2.22. The van der Waals surface area contributed by atoms with Crippen LogP contribution in [-0.4, -0.2) is 73.6 Å². The van der Waals surface area contributed by atoms with E-state index in [1.54, 1.807) is 0 Å². The van der Waals surface area contributed by atoms with Gasteiger partial charge in [-0.25, -0.2) is 0 Å². The van der Waals surface area contributed by atoms with Crippen molar-refractivity contribution in [2.75, 3.05) is 45.9 Å². The first-order valence-corrected chi connectivity index (χ1v) is 7.65. The molecule has 0 aromatic carbocycles. The van der Waals surface area contributed by atoms with Crippen molar-refractivity contribution in [1.29, 1.82) is 0 Å². The first-order chi connectivity index (χ1) is 9.77. The number of piperidine rings is 1. The number of morpholine rings is 1. The van der Waals surface area contributed by atoms with Crippen molar-refractivity contribution in [3.05, 3.63) is 0 Å². The topological polar surface area (TPSA) is 61.9 Å². The summed E-state index contributed by atoms with van der Waals surface area (Å²) in [7, 11) is 0. The number of halogens is 1. The SMILES string of the molecule is Cl.O=C(C1CCCCN1C(=O)C1CNC1)N1CCOCC1. The van der Waals surface area contributed by atoms with Crippen LogP contribution in [0, 0.1) is 5.92 Å². The highest BCUT2D eigenvalue weighted by atomic mass is 35.5. The van der Waals surface area contributed by atoms with Crippen LogP contribution in [-0.2, 0) is 14.3 Å². The Morgan fingerprint density at radius 1 is 1.00 bits per heavy atom. The van der Waals surface area contributed by atoms with E-state index in [9.17, 15) is 9.59 Å². The van der Waals surface area contributed by atoms with Gasteiger partial charge in [0.25, 0.3) is 0 Å². The highest BCUT2D eigenvalue weighted by Gasteiger charge is 2.39. The second-order valence-electron chi connectivity index (χ2n) is 5.84. The predicted octanol–water partition coefficient (Wildman–Crippen LogP) is -0.132. The van der Waals surface area contributed by atoms with Crippen molar-refractivity contribution in [2.24, 2.45) is 5.92 Å². The second-order valence-corrected chi connectivity index (χ2v) is 5.84. The molecule has 120 valence electrons. The molecule has 0 saturated carbocycles. The fourth-order valence-corrected chi connectivity index (χ4v) is 3.14. The van der Waals surface area contributed by atoms with Crippen molar-refractivity contribution >= 4 is 24.2 Å². The van der Waals surface area contributed by atoms with Crippen LogP contribution >= 0.6 is 12.4 Å². The standard InChI is InChI=1S/C14H23N3O3.ClH/c18-13(11-9-15-10-11)17-4-2-1-3-12(17)14(19)16-5-7-20-8-6-16;/h11-12,15H,1-10H2;1H. The molecule has 3 saturated heterocycles. The van der Waals surface area contributed by atoms with Crippen LogP contribution in [0.4, 0.5) is 0 Å². The number of amides is 2. The molecule has 3 fully saturated rings. The van der Waals surface area contributed by atoms with Gasteiger partial charge in [0.05, 0.1) is 19.1 Å². The molecule has 1 N–H and O–H groups in total. The molecule has 0 spiro atoms. The Morgan fingerprint density at radius 2 is 1.71 bits per heavy atom. The average Bonchev–Trinajstić information content (AvgIpc) is 2.45. The zero-order valence-electron chi connectivity index (χ0n) is 12.3. The van der Waals surface area contributed by atoms with Crippen molar-refractivity contribution in [1.82, 2.24) is 15.1 Å². The Morgan fingerprint density at radius 3 is 2.33 bits per heavy atom. The second kappa shape index (κ2) is 7.42. The molecule has 2 amide bonds. The molecule has 0 aromatic heterocycles. The normalized spacial score (nSPS) is 26.8. The van der Waals surface area contributed by atoms with Gasteiger partial charge in [-0.2, -0.15) is 0 Å². The first-order valence-electron chi connectivity index (χ1n) is 7.65. The van der Waals surface area contributed by atoms with Gasteiger partial charge in [0.2, 0.25) is 11.8 Å². The number of rotatable bonds is 2. The molecule has 0 aliphatic carbocycles. The molecule has 7 heteroatoms. The molecule has 3 heterocycles. The van der Waals surface area contributed by atoms with E-state index in [1.165, 1.54) is 0 Å². The lowest BCUT2D eigenvalue weighted by Gasteiger charge is -2.41. The summed E-state index contributed by atoms with van der Waals surface area (Å²) in [5.41, 5.74) is 0. The van der Waals surface area contributed by atoms with Crippen LogP contribution in [0.25, 0.3) is 0 Å². The summed E-state index contributed by atoms with van der Waals surface area (Å²) < 4.78 is 5.29. The number of carbonyl (C=O) groups excluding carboxylic acids is 2. The lowest BCUT2D eigenvalue weighted by atomic mass is 9.95. The van der Waals surface area contributed by atoms with E-state index in [2.05, 4.69) is 5.32 Å². The zero-order chi connectivity index (χ0) is 13.9. The minimum atomic E-state index is -0.241. The van der Waals surface area contributed by atoms with Crippen molar-refractivity contribution in [3.63, 3.8) is 0 Å². The summed E-state index contributed by atoms with van der Waals surface area (Å²) in [6.07, 6.45) is 2.86. The highest BCUT2D eigenvalue weighted by molar-refractivity contribution is 5.89. The van der Waals surface area contributed by atoms with Gasteiger partial charge in [0.1, 0.15) is 6.04 Å². The Labute approximate surface area is 131 Å². The summed E-state index contributed by atoms with van der Waals surface area (Å²) in [6, 6.07) is -0.241. The minimum Gasteiger partial charge on any atom is -0.378 e. The minimum absolute atomic E-state index is 0. The third-order valence-corrected chi connectivity index (χ3v) is 4.52. The van der Waals surface area contributed by atoms with Gasteiger partial charge < -0.3 is 19.9 Å². The molecule has 0 aromatic rings. The number of likely N-dealkylation sites (tertiary alicyclic amines) is 1. The molecule has 0 bridgehead atoms. The van der Waals surface area contributed by atoms with Gasteiger partial charge >= 0.3 is 0 Å². The molecule has 21 heavy (non-hydrogen) atoms. The first kappa shape index (κ1) is 16.5. The van der Waals surface area contributed by atoms with Gasteiger partial charge in [-0.3, -0.25) is 9.59 Å². The summed E-state index contributed by atoms with van der Waals surface area (Å²) in [6.45, 7) is 4.78. The van der Waals surface area contributed by atoms with Crippen LogP contribution in [0.15, 0.2) is 0 Å². The molecular weight excluding hydrogens is 294 g/mol. The van der Waals surface area contributed by atoms with E-state index >= 15 is 0 Å². The van der Waals surface area contributed by atoms with Gasteiger partial charge in [0.15, 0.2) is 0 Å². The van der Waals surface area contributed by atoms with Crippen molar-refractivity contribution in [3.8, 4) is 0 Å². The van der Waals surface area contributed by atoms with E-state index in [1.807, 2.05) is 9.80 Å². The van der Waals surface area contributed by atoms with Crippen LogP contribution < -0.4 is 5.32 Å². The Kier molecular flexibility index (Phi) is 5.84. The van der Waals surface area contributed by atoms with Gasteiger partial charge in [0, 0.05) is 32.7 Å². The van der Waals surface area contributed by atoms with Crippen LogP contribution in [0.2, 0.25) is 0 Å². The van der Waals surface area contributed by atoms with E-state index < -0.39 is 0 Å². The average molecular weight is 318 g/mol. The molecule has 0 radical (unpaired) electrons. The molecular formula is C14H24ClN3O3. The molecule has 6 nitrogen and oxygen atoms in total. The number of carbonyl (C=O) groups is 2. The van der Waals surface area contributed by atoms with Gasteiger partial charge in [-0.15, -0.1) is 12.4 Å². The number of hydrogen-bond donors (Lipinski definition) is 1. The molecule has 3 rings (SSSR count). The summed E-state index contributed by atoms with van der Waals surface area (Å²) in [5, 5.41) is 3.13. The fourth-order valence-electron chi connectivity index (χ4n) is 3.14. The summed E-state index contributed by atoms with van der Waals surface area (Å²) >= 11 is 0. The lowest BCUT2D eigenvalue weighted by Crippen LogP contribution is -2.59. The molecule has 1 unspecified atom stereocenters. The van der Waals surface area contributed by atoms with E-state index in [4.69, 9.17) is 4.74 Å². The maximum Gasteiger partial charge on any atom is 0.245 e. The van der Waals surface area contributed by atoms with E-state index in [-0.39, 0.29) is 36.2 Å². The van der Waals surface area contributed by atoms with Crippen molar-refractivity contribution < 1.29 is 14.3 Å². The predicted molar refractivity (Wildman–Crippen MR) is 80.4 cm³/mol.